The Balaban J connectivity index is 1.63. The zero-order valence-corrected chi connectivity index (χ0v) is 26.0. The van der Waals surface area contributed by atoms with E-state index in [9.17, 15) is 19.5 Å². The van der Waals surface area contributed by atoms with E-state index in [-0.39, 0.29) is 19.5 Å². The fourth-order valence-electron chi connectivity index (χ4n) is 5.79. The highest BCUT2D eigenvalue weighted by molar-refractivity contribution is 5.86. The van der Waals surface area contributed by atoms with Crippen LogP contribution in [0.3, 0.4) is 0 Å². The SMILES string of the molecule is CCCCCCN(CC(=O)O)CC(=O)N[C@@H](Cc1cn(C(c2ccccc2)(c2ccccc2)c2ccccc2)cn1)C(=O)OC. The van der Waals surface area contributed by atoms with Gasteiger partial charge in [-0.1, -0.05) is 117 Å². The summed E-state index contributed by atoms with van der Waals surface area (Å²) in [5.74, 6) is -2.06. The molecule has 0 fully saturated rings. The van der Waals surface area contributed by atoms with E-state index in [1.165, 1.54) is 7.11 Å². The average molecular weight is 611 g/mol. The van der Waals surface area contributed by atoms with Crippen molar-refractivity contribution in [3.63, 3.8) is 0 Å². The Morgan fingerprint density at radius 3 is 1.91 bits per heavy atom. The Bertz CT molecular complexity index is 1410. The van der Waals surface area contributed by atoms with Crippen molar-refractivity contribution in [2.75, 3.05) is 26.7 Å². The molecule has 2 N–H and O–H groups in total. The smallest absolute Gasteiger partial charge is 0.328 e. The van der Waals surface area contributed by atoms with Crippen molar-refractivity contribution < 1.29 is 24.2 Å². The monoisotopic (exact) mass is 610 g/mol. The lowest BCUT2D eigenvalue weighted by molar-refractivity contribution is -0.145. The fraction of sp³-hybridized carbons (Fsp3) is 0.333. The molecule has 0 saturated heterocycles. The second-order valence-corrected chi connectivity index (χ2v) is 11.1. The third-order valence-corrected chi connectivity index (χ3v) is 7.89. The Morgan fingerprint density at radius 2 is 1.42 bits per heavy atom. The van der Waals surface area contributed by atoms with Gasteiger partial charge >= 0.3 is 11.9 Å². The van der Waals surface area contributed by atoms with Gasteiger partial charge in [0.15, 0.2) is 0 Å². The zero-order chi connectivity index (χ0) is 32.1. The molecule has 0 aliphatic rings. The van der Waals surface area contributed by atoms with Gasteiger partial charge in [-0.2, -0.15) is 0 Å². The van der Waals surface area contributed by atoms with Gasteiger partial charge in [0.05, 0.1) is 32.2 Å². The Hall–Kier alpha value is -4.76. The van der Waals surface area contributed by atoms with Crippen LogP contribution in [0.5, 0.6) is 0 Å². The van der Waals surface area contributed by atoms with Crippen LogP contribution in [0.25, 0.3) is 0 Å². The average Bonchev–Trinajstić information content (AvgIpc) is 3.52. The maximum atomic E-state index is 13.1. The number of aliphatic carboxylic acids is 1. The summed E-state index contributed by atoms with van der Waals surface area (Å²) in [6.07, 6.45) is 7.60. The molecule has 0 saturated carbocycles. The van der Waals surface area contributed by atoms with Gasteiger partial charge in [0.1, 0.15) is 11.6 Å². The first-order chi connectivity index (χ1) is 21.9. The number of methoxy groups -OCH3 is 1. The number of imidazole rings is 1. The number of hydrogen-bond donors (Lipinski definition) is 2. The number of benzene rings is 3. The van der Waals surface area contributed by atoms with Gasteiger partial charge in [0.25, 0.3) is 0 Å². The van der Waals surface area contributed by atoms with Gasteiger partial charge in [-0.3, -0.25) is 14.5 Å². The van der Waals surface area contributed by atoms with Crippen LogP contribution in [0, 0.1) is 0 Å². The summed E-state index contributed by atoms with van der Waals surface area (Å²) in [6, 6.07) is 29.5. The van der Waals surface area contributed by atoms with Crippen LogP contribution < -0.4 is 5.32 Å². The summed E-state index contributed by atoms with van der Waals surface area (Å²) in [5.41, 5.74) is 2.90. The van der Waals surface area contributed by atoms with Gasteiger partial charge in [-0.25, -0.2) is 9.78 Å². The molecule has 1 heterocycles. The molecular formula is C36H42N4O5. The highest BCUT2D eigenvalue weighted by Gasteiger charge is 2.38. The van der Waals surface area contributed by atoms with Crippen molar-refractivity contribution in [1.82, 2.24) is 19.8 Å². The van der Waals surface area contributed by atoms with Gasteiger partial charge in [0.2, 0.25) is 5.91 Å². The molecule has 3 aromatic carbocycles. The van der Waals surface area contributed by atoms with Crippen LogP contribution in [0.2, 0.25) is 0 Å². The highest BCUT2D eigenvalue weighted by atomic mass is 16.5. The van der Waals surface area contributed by atoms with Crippen LogP contribution in [0.1, 0.15) is 55.0 Å². The zero-order valence-electron chi connectivity index (χ0n) is 26.0. The lowest BCUT2D eigenvalue weighted by Crippen LogP contribution is -2.48. The lowest BCUT2D eigenvalue weighted by atomic mass is 9.77. The number of aromatic nitrogens is 2. The number of rotatable bonds is 17. The largest absolute Gasteiger partial charge is 0.480 e. The molecule has 236 valence electrons. The first-order valence-corrected chi connectivity index (χ1v) is 15.4. The first-order valence-electron chi connectivity index (χ1n) is 15.4. The summed E-state index contributed by atoms with van der Waals surface area (Å²) in [5, 5.41) is 12.1. The molecule has 4 aromatic rings. The van der Waals surface area contributed by atoms with E-state index >= 15 is 0 Å². The van der Waals surface area contributed by atoms with Crippen LogP contribution in [0.4, 0.5) is 0 Å². The van der Waals surface area contributed by atoms with E-state index in [0.717, 1.165) is 42.4 Å². The highest BCUT2D eigenvalue weighted by Crippen LogP contribution is 2.40. The Labute approximate surface area is 264 Å². The second kappa shape index (κ2) is 16.4. The summed E-state index contributed by atoms with van der Waals surface area (Å²) < 4.78 is 7.08. The van der Waals surface area contributed by atoms with Crippen molar-refractivity contribution in [1.29, 1.82) is 0 Å². The number of ether oxygens (including phenoxy) is 1. The maximum absolute atomic E-state index is 13.1. The Morgan fingerprint density at radius 1 is 0.867 bits per heavy atom. The lowest BCUT2D eigenvalue weighted by Gasteiger charge is -2.37. The molecule has 0 aliphatic heterocycles. The third kappa shape index (κ3) is 8.45. The van der Waals surface area contributed by atoms with E-state index in [2.05, 4.69) is 48.6 Å². The molecule has 9 nitrogen and oxygen atoms in total. The normalized spacial score (nSPS) is 12.1. The molecule has 1 atom stereocenters. The van der Waals surface area contributed by atoms with E-state index < -0.39 is 29.4 Å². The van der Waals surface area contributed by atoms with Crippen molar-refractivity contribution in [2.45, 2.75) is 50.6 Å². The summed E-state index contributed by atoms with van der Waals surface area (Å²) in [7, 11) is 1.27. The summed E-state index contributed by atoms with van der Waals surface area (Å²) in [4.78, 5) is 43.6. The van der Waals surface area contributed by atoms with Crippen LogP contribution in [-0.2, 0) is 31.1 Å². The second-order valence-electron chi connectivity index (χ2n) is 11.1. The molecule has 1 aromatic heterocycles. The van der Waals surface area contributed by atoms with E-state index in [0.29, 0.717) is 12.2 Å². The number of carboxylic acids is 1. The molecule has 0 radical (unpaired) electrons. The van der Waals surface area contributed by atoms with E-state index in [4.69, 9.17) is 9.72 Å². The van der Waals surface area contributed by atoms with Gasteiger partial charge in [0, 0.05) is 12.6 Å². The number of carboxylic acid groups (broad SMARTS) is 1. The molecule has 0 unspecified atom stereocenters. The number of unbranched alkanes of at least 4 members (excludes halogenated alkanes) is 3. The number of nitrogens with one attached hydrogen (secondary N) is 1. The minimum absolute atomic E-state index is 0.0926. The van der Waals surface area contributed by atoms with E-state index in [1.54, 1.807) is 11.2 Å². The van der Waals surface area contributed by atoms with Crippen LogP contribution in [-0.4, -0.2) is 70.2 Å². The predicted molar refractivity (Wildman–Crippen MR) is 173 cm³/mol. The molecular weight excluding hydrogens is 568 g/mol. The van der Waals surface area contributed by atoms with Crippen molar-refractivity contribution >= 4 is 17.8 Å². The number of carbonyl (C=O) groups excluding carboxylic acids is 2. The van der Waals surface area contributed by atoms with E-state index in [1.807, 2.05) is 65.4 Å². The molecule has 1 amide bonds. The van der Waals surface area contributed by atoms with Gasteiger partial charge < -0.3 is 19.7 Å². The van der Waals surface area contributed by atoms with Gasteiger partial charge in [-0.05, 0) is 29.7 Å². The summed E-state index contributed by atoms with van der Waals surface area (Å²) >= 11 is 0. The molecule has 4 rings (SSSR count). The molecule has 0 spiro atoms. The van der Waals surface area contributed by atoms with Gasteiger partial charge in [-0.15, -0.1) is 0 Å². The van der Waals surface area contributed by atoms with Crippen LogP contribution in [0.15, 0.2) is 104 Å². The number of amides is 1. The molecule has 9 heteroatoms. The molecule has 45 heavy (non-hydrogen) atoms. The van der Waals surface area contributed by atoms with Crippen molar-refractivity contribution in [3.8, 4) is 0 Å². The minimum atomic E-state index is -1.01. The molecule has 0 aliphatic carbocycles. The number of hydrogen-bond acceptors (Lipinski definition) is 6. The standard InChI is InChI=1S/C36H42N4O5/c1-3-4-5-15-22-39(26-34(42)43)25-33(41)38-32(35(44)45-2)23-31-24-40(27-37-31)36(28-16-9-6-10-17-28,29-18-11-7-12-19-29)30-20-13-8-14-21-30/h6-14,16-21,24,27,32H,3-5,15,22-23,25-26H2,1-2H3,(H,38,41)(H,42,43)/t32-/m0/s1. The fourth-order valence-corrected chi connectivity index (χ4v) is 5.79. The topological polar surface area (TPSA) is 114 Å². The quantitative estimate of drug-likeness (QED) is 0.0994. The minimum Gasteiger partial charge on any atom is -0.480 e. The van der Waals surface area contributed by atoms with Crippen LogP contribution >= 0.6 is 0 Å². The summed E-state index contributed by atoms with van der Waals surface area (Å²) in [6.45, 7) is 2.18. The molecule has 0 bridgehead atoms. The predicted octanol–water partition coefficient (Wildman–Crippen LogP) is 4.89. The maximum Gasteiger partial charge on any atom is 0.328 e. The number of esters is 1. The number of nitrogens with zero attached hydrogens (tertiary/aromatic N) is 3. The first kappa shape index (κ1) is 33.1. The Kier molecular flexibility index (Phi) is 12.0. The van der Waals surface area contributed by atoms with Crippen molar-refractivity contribution in [2.24, 2.45) is 0 Å². The van der Waals surface area contributed by atoms with Crippen molar-refractivity contribution in [3.05, 3.63) is 126 Å². The third-order valence-electron chi connectivity index (χ3n) is 7.89. The number of carbonyl (C=O) groups is 3.